The van der Waals surface area contributed by atoms with E-state index in [0.717, 1.165) is 47.9 Å². The minimum Gasteiger partial charge on any atom is -0.376 e. The summed E-state index contributed by atoms with van der Waals surface area (Å²) in [6.07, 6.45) is 4.89. The fourth-order valence-corrected chi connectivity index (χ4v) is 7.06. The van der Waals surface area contributed by atoms with Crippen LogP contribution in [0.25, 0.3) is 10.2 Å². The molecule has 0 N–H and O–H groups in total. The van der Waals surface area contributed by atoms with Crippen LogP contribution in [0.15, 0.2) is 34.2 Å². The predicted molar refractivity (Wildman–Crippen MR) is 123 cm³/mol. The van der Waals surface area contributed by atoms with Crippen molar-refractivity contribution in [1.82, 2.24) is 14.5 Å². The number of thiophene rings is 1. The van der Waals surface area contributed by atoms with Gasteiger partial charge in [0.25, 0.3) is 17.4 Å². The number of ether oxygens (including phenoxy) is 1. The second-order valence-corrected chi connectivity index (χ2v) is 10.3. The summed E-state index contributed by atoms with van der Waals surface area (Å²) in [5, 5.41) is 1.28. The molecule has 1 aromatic carbocycles. The van der Waals surface area contributed by atoms with E-state index in [2.05, 4.69) is 0 Å². The summed E-state index contributed by atoms with van der Waals surface area (Å²) < 4.78 is 7.50. The lowest BCUT2D eigenvalue weighted by molar-refractivity contribution is 0.0683. The Morgan fingerprint density at radius 3 is 2.59 bits per heavy atom. The second kappa shape index (κ2) is 7.83. The standard InChI is InChI=1S/C23H21N3O4S2/c27-20-14-6-1-2-7-15(14)21(28)26(20)12-31-23-24-19-18(16-8-3-9-17(16)32-19)22(29)25(23)11-13-5-4-10-30-13/h1-2,6-7,13H,3-5,8-12H2/t13-/m1/s1. The van der Waals surface area contributed by atoms with E-state index < -0.39 is 0 Å². The van der Waals surface area contributed by atoms with E-state index in [1.165, 1.54) is 21.5 Å². The summed E-state index contributed by atoms with van der Waals surface area (Å²) in [6, 6.07) is 6.85. The van der Waals surface area contributed by atoms with E-state index in [4.69, 9.17) is 9.72 Å². The van der Waals surface area contributed by atoms with Crippen molar-refractivity contribution in [2.45, 2.75) is 49.9 Å². The Balaban J connectivity index is 1.36. The van der Waals surface area contributed by atoms with Crippen LogP contribution in [0.4, 0.5) is 0 Å². The van der Waals surface area contributed by atoms with Gasteiger partial charge in [0.05, 0.1) is 35.0 Å². The van der Waals surface area contributed by atoms with Gasteiger partial charge in [-0.25, -0.2) is 4.98 Å². The average molecular weight is 468 g/mol. The quantitative estimate of drug-likeness (QED) is 0.325. The van der Waals surface area contributed by atoms with Gasteiger partial charge in [0, 0.05) is 11.5 Å². The molecule has 0 radical (unpaired) electrons. The number of rotatable bonds is 5. The number of nitrogens with zero attached hydrogens (tertiary/aromatic N) is 3. The third-order valence-electron chi connectivity index (χ3n) is 6.40. The number of hydrogen-bond donors (Lipinski definition) is 0. The fraction of sp³-hybridized carbons (Fsp3) is 0.391. The summed E-state index contributed by atoms with van der Waals surface area (Å²) in [4.78, 5) is 47.2. The van der Waals surface area contributed by atoms with Crippen LogP contribution < -0.4 is 5.56 Å². The third kappa shape index (κ3) is 3.14. The van der Waals surface area contributed by atoms with Crippen molar-refractivity contribution in [2.24, 2.45) is 0 Å². The van der Waals surface area contributed by atoms with Gasteiger partial charge >= 0.3 is 0 Å². The Kier molecular flexibility index (Phi) is 4.93. The van der Waals surface area contributed by atoms with Gasteiger partial charge in [-0.2, -0.15) is 0 Å². The van der Waals surface area contributed by atoms with E-state index in [9.17, 15) is 14.4 Å². The highest BCUT2D eigenvalue weighted by molar-refractivity contribution is 7.99. The maximum atomic E-state index is 13.6. The number of aryl methyl sites for hydroxylation is 2. The van der Waals surface area contributed by atoms with Crippen LogP contribution in [-0.2, 0) is 24.1 Å². The Bertz CT molecular complexity index is 1290. The van der Waals surface area contributed by atoms with E-state index in [-0.39, 0.29) is 29.4 Å². The zero-order valence-electron chi connectivity index (χ0n) is 17.3. The molecule has 3 aromatic rings. The number of carbonyl (C=O) groups is 2. The van der Waals surface area contributed by atoms with Crippen molar-refractivity contribution >= 4 is 45.1 Å². The van der Waals surface area contributed by atoms with Crippen molar-refractivity contribution in [3.63, 3.8) is 0 Å². The molecule has 32 heavy (non-hydrogen) atoms. The minimum atomic E-state index is -0.303. The molecule has 4 heterocycles. The number of benzene rings is 1. The average Bonchev–Trinajstić information content (AvgIpc) is 3.56. The molecule has 2 aromatic heterocycles. The normalized spacial score (nSPS) is 19.9. The molecule has 0 unspecified atom stereocenters. The maximum absolute atomic E-state index is 13.6. The minimum absolute atomic E-state index is 0.0164. The van der Waals surface area contributed by atoms with Crippen LogP contribution in [0.5, 0.6) is 0 Å². The van der Waals surface area contributed by atoms with Gasteiger partial charge in [0.1, 0.15) is 4.83 Å². The van der Waals surface area contributed by atoms with Crippen molar-refractivity contribution < 1.29 is 14.3 Å². The molecule has 1 saturated heterocycles. The SMILES string of the molecule is O=C1c2ccccc2C(=O)N1CSc1nc2sc3c(c2c(=O)n1C[C@H]1CCCO1)CCC3. The van der Waals surface area contributed by atoms with E-state index >= 15 is 0 Å². The molecule has 3 aliphatic rings. The molecule has 1 aliphatic carbocycles. The number of thioether (sulfide) groups is 1. The second-order valence-electron chi connectivity index (χ2n) is 8.34. The topological polar surface area (TPSA) is 81.5 Å². The molecule has 2 amide bonds. The first-order chi connectivity index (χ1) is 15.6. The summed E-state index contributed by atoms with van der Waals surface area (Å²) in [5.41, 5.74) is 1.97. The first-order valence-corrected chi connectivity index (χ1v) is 12.7. The van der Waals surface area contributed by atoms with Crippen LogP contribution in [0, 0.1) is 0 Å². The van der Waals surface area contributed by atoms with Crippen LogP contribution >= 0.6 is 23.1 Å². The maximum Gasteiger partial charge on any atom is 0.263 e. The van der Waals surface area contributed by atoms with Crippen molar-refractivity contribution in [1.29, 1.82) is 0 Å². The monoisotopic (exact) mass is 467 g/mol. The molecule has 164 valence electrons. The lowest BCUT2D eigenvalue weighted by Crippen LogP contribution is -2.31. The molecule has 6 rings (SSSR count). The lowest BCUT2D eigenvalue weighted by Gasteiger charge is -2.18. The fourth-order valence-electron chi connectivity index (χ4n) is 4.80. The molecular weight excluding hydrogens is 446 g/mol. The Hall–Kier alpha value is -2.49. The molecule has 2 aliphatic heterocycles. The summed E-state index contributed by atoms with van der Waals surface area (Å²) in [6.45, 7) is 1.15. The number of amides is 2. The number of fused-ring (bicyclic) bond motifs is 4. The van der Waals surface area contributed by atoms with Crippen LogP contribution in [0.1, 0.15) is 50.4 Å². The summed E-state index contributed by atoms with van der Waals surface area (Å²) in [5.74, 6) is -0.495. The molecule has 1 atom stereocenters. The highest BCUT2D eigenvalue weighted by Crippen LogP contribution is 2.36. The van der Waals surface area contributed by atoms with Gasteiger partial charge in [-0.1, -0.05) is 23.9 Å². The molecule has 9 heteroatoms. The number of hydrogen-bond acceptors (Lipinski definition) is 7. The Morgan fingerprint density at radius 1 is 1.09 bits per heavy atom. The Morgan fingerprint density at radius 2 is 1.88 bits per heavy atom. The van der Waals surface area contributed by atoms with Crippen LogP contribution in [0.3, 0.4) is 0 Å². The smallest absolute Gasteiger partial charge is 0.263 e. The summed E-state index contributed by atoms with van der Waals surface area (Å²) in [7, 11) is 0. The molecule has 0 spiro atoms. The molecule has 0 bridgehead atoms. The largest absolute Gasteiger partial charge is 0.376 e. The van der Waals surface area contributed by atoms with Crippen molar-refractivity contribution in [2.75, 3.05) is 12.5 Å². The van der Waals surface area contributed by atoms with Gasteiger partial charge in [-0.15, -0.1) is 11.3 Å². The first-order valence-electron chi connectivity index (χ1n) is 10.9. The molecular formula is C23H21N3O4S2. The molecule has 7 nitrogen and oxygen atoms in total. The summed E-state index contributed by atoms with van der Waals surface area (Å²) >= 11 is 2.86. The Labute approximate surface area is 192 Å². The van der Waals surface area contributed by atoms with E-state index in [1.807, 2.05) is 0 Å². The molecule has 0 saturated carbocycles. The van der Waals surface area contributed by atoms with Crippen molar-refractivity contribution in [3.8, 4) is 0 Å². The predicted octanol–water partition coefficient (Wildman–Crippen LogP) is 3.47. The van der Waals surface area contributed by atoms with Crippen LogP contribution in [0.2, 0.25) is 0 Å². The number of carbonyl (C=O) groups excluding carboxylic acids is 2. The first kappa shape index (κ1) is 20.1. The molecule has 1 fully saturated rings. The van der Waals surface area contributed by atoms with Gasteiger partial charge < -0.3 is 4.74 Å². The zero-order chi connectivity index (χ0) is 21.8. The van der Waals surface area contributed by atoms with Gasteiger partial charge in [0.2, 0.25) is 0 Å². The van der Waals surface area contributed by atoms with Gasteiger partial charge in [-0.05, 0) is 49.8 Å². The zero-order valence-corrected chi connectivity index (χ0v) is 19.0. The van der Waals surface area contributed by atoms with Gasteiger partial charge in [-0.3, -0.25) is 23.9 Å². The highest BCUT2D eigenvalue weighted by atomic mass is 32.2. The highest BCUT2D eigenvalue weighted by Gasteiger charge is 2.35. The third-order valence-corrected chi connectivity index (χ3v) is 8.54. The van der Waals surface area contributed by atoms with E-state index in [0.29, 0.717) is 29.4 Å². The number of imide groups is 1. The number of aromatic nitrogens is 2. The van der Waals surface area contributed by atoms with E-state index in [1.54, 1.807) is 40.2 Å². The van der Waals surface area contributed by atoms with Crippen molar-refractivity contribution in [3.05, 3.63) is 56.2 Å². The van der Waals surface area contributed by atoms with Gasteiger partial charge in [0.15, 0.2) is 5.16 Å². The lowest BCUT2D eigenvalue weighted by atomic mass is 10.1. The van der Waals surface area contributed by atoms with Crippen LogP contribution in [-0.4, -0.2) is 44.9 Å².